The van der Waals surface area contributed by atoms with E-state index in [1.54, 1.807) is 15.7 Å². The van der Waals surface area contributed by atoms with Crippen LogP contribution in [0.4, 0.5) is 0 Å². The maximum atomic E-state index is 12.8. The van der Waals surface area contributed by atoms with Gasteiger partial charge in [0.1, 0.15) is 0 Å². The van der Waals surface area contributed by atoms with Crippen molar-refractivity contribution in [2.75, 3.05) is 39.8 Å². The van der Waals surface area contributed by atoms with Crippen LogP contribution < -0.4 is 5.73 Å². The number of rotatable bonds is 5. The lowest BCUT2D eigenvalue weighted by molar-refractivity contribution is 0.154. The highest BCUT2D eigenvalue weighted by molar-refractivity contribution is 7.86. The van der Waals surface area contributed by atoms with Crippen LogP contribution in [0.3, 0.4) is 0 Å². The molecule has 2 N–H and O–H groups in total. The van der Waals surface area contributed by atoms with Gasteiger partial charge in [0.15, 0.2) is 0 Å². The van der Waals surface area contributed by atoms with E-state index < -0.39 is 10.2 Å². The highest BCUT2D eigenvalue weighted by Crippen LogP contribution is 2.25. The van der Waals surface area contributed by atoms with Gasteiger partial charge in [-0.1, -0.05) is 19.3 Å². The molecule has 1 saturated carbocycles. The highest BCUT2D eigenvalue weighted by atomic mass is 32.2. The third kappa shape index (κ3) is 4.64. The third-order valence-corrected chi connectivity index (χ3v) is 6.79. The van der Waals surface area contributed by atoms with Crippen molar-refractivity contribution in [3.8, 4) is 0 Å². The quantitative estimate of drug-likeness (QED) is 0.810. The zero-order chi connectivity index (χ0) is 16.4. The van der Waals surface area contributed by atoms with E-state index in [4.69, 9.17) is 5.73 Å². The summed E-state index contributed by atoms with van der Waals surface area (Å²) in [5.74, 6) is 0. The molecule has 6 nitrogen and oxygen atoms in total. The lowest BCUT2D eigenvalue weighted by atomic mass is 9.96. The standard InChI is InChI=1S/C15H32N4O2S/c1-15(2,16)13-18-9-11-19(12-10-18)22(20,21)17(3)14-7-5-4-6-8-14/h14H,4-13,16H2,1-3H3. The van der Waals surface area contributed by atoms with E-state index in [-0.39, 0.29) is 11.6 Å². The number of hydrogen-bond acceptors (Lipinski definition) is 4. The molecule has 1 aliphatic heterocycles. The van der Waals surface area contributed by atoms with E-state index in [1.165, 1.54) is 6.42 Å². The first-order chi connectivity index (χ1) is 10.2. The lowest BCUT2D eigenvalue weighted by Gasteiger charge is -2.40. The maximum Gasteiger partial charge on any atom is 0.282 e. The molecule has 0 spiro atoms. The fourth-order valence-corrected chi connectivity index (χ4v) is 5.09. The van der Waals surface area contributed by atoms with E-state index >= 15 is 0 Å². The van der Waals surface area contributed by atoms with Crippen LogP contribution in [0.15, 0.2) is 0 Å². The Kier molecular flexibility index (Phi) is 5.88. The molecule has 0 atom stereocenters. The van der Waals surface area contributed by atoms with Crippen LogP contribution in [0.1, 0.15) is 46.0 Å². The molecule has 2 fully saturated rings. The summed E-state index contributed by atoms with van der Waals surface area (Å²) >= 11 is 0. The van der Waals surface area contributed by atoms with Crippen molar-refractivity contribution in [1.82, 2.24) is 13.5 Å². The summed E-state index contributed by atoms with van der Waals surface area (Å²) in [6.07, 6.45) is 5.51. The molecule has 0 radical (unpaired) electrons. The zero-order valence-corrected chi connectivity index (χ0v) is 15.1. The van der Waals surface area contributed by atoms with E-state index in [0.29, 0.717) is 13.1 Å². The van der Waals surface area contributed by atoms with E-state index in [2.05, 4.69) is 4.90 Å². The third-order valence-electron chi connectivity index (χ3n) is 4.74. The smallest absolute Gasteiger partial charge is 0.282 e. The maximum absolute atomic E-state index is 12.8. The normalized spacial score (nSPS) is 24.0. The second kappa shape index (κ2) is 7.13. The lowest BCUT2D eigenvalue weighted by Crippen LogP contribution is -2.56. The average molecular weight is 333 g/mol. The van der Waals surface area contributed by atoms with Crippen molar-refractivity contribution in [2.45, 2.75) is 57.5 Å². The number of hydrogen-bond donors (Lipinski definition) is 1. The van der Waals surface area contributed by atoms with E-state index in [9.17, 15) is 8.42 Å². The summed E-state index contributed by atoms with van der Waals surface area (Å²) in [6.45, 7) is 7.47. The van der Waals surface area contributed by atoms with Gasteiger partial charge in [-0.25, -0.2) is 0 Å². The minimum Gasteiger partial charge on any atom is -0.324 e. The minimum absolute atomic E-state index is 0.180. The Hall–Kier alpha value is -0.210. The van der Waals surface area contributed by atoms with Gasteiger partial charge in [-0.2, -0.15) is 17.0 Å². The van der Waals surface area contributed by atoms with E-state index in [0.717, 1.165) is 45.3 Å². The number of nitrogens with two attached hydrogens (primary N) is 1. The molecule has 22 heavy (non-hydrogen) atoms. The molecule has 1 saturated heterocycles. The molecule has 0 bridgehead atoms. The first kappa shape index (κ1) is 18.1. The van der Waals surface area contributed by atoms with Crippen LogP contribution in [-0.2, 0) is 10.2 Å². The van der Waals surface area contributed by atoms with Gasteiger partial charge < -0.3 is 5.73 Å². The summed E-state index contributed by atoms with van der Waals surface area (Å²) in [7, 11) is -1.57. The predicted octanol–water partition coefficient (Wildman–Crippen LogP) is 0.851. The Morgan fingerprint density at radius 2 is 1.64 bits per heavy atom. The molecule has 0 unspecified atom stereocenters. The van der Waals surface area contributed by atoms with Gasteiger partial charge in [0.05, 0.1) is 0 Å². The van der Waals surface area contributed by atoms with Crippen molar-refractivity contribution in [3.63, 3.8) is 0 Å². The molecule has 0 aromatic rings. The van der Waals surface area contributed by atoms with Crippen molar-refractivity contribution in [2.24, 2.45) is 5.73 Å². The zero-order valence-electron chi connectivity index (χ0n) is 14.3. The highest BCUT2D eigenvalue weighted by Gasteiger charge is 2.35. The first-order valence-corrected chi connectivity index (χ1v) is 9.84. The Labute approximate surface area is 135 Å². The topological polar surface area (TPSA) is 69.9 Å². The van der Waals surface area contributed by atoms with Crippen LogP contribution in [0.25, 0.3) is 0 Å². The fourth-order valence-electron chi connectivity index (χ4n) is 3.51. The fraction of sp³-hybridized carbons (Fsp3) is 1.00. The van der Waals surface area contributed by atoms with Crippen LogP contribution in [0.5, 0.6) is 0 Å². The molecular weight excluding hydrogens is 300 g/mol. The molecule has 7 heteroatoms. The monoisotopic (exact) mass is 332 g/mol. The van der Waals surface area contributed by atoms with Gasteiger partial charge >= 0.3 is 0 Å². The summed E-state index contributed by atoms with van der Waals surface area (Å²) in [5, 5.41) is 0. The second-order valence-corrected chi connectivity index (χ2v) is 9.47. The predicted molar refractivity (Wildman–Crippen MR) is 89.8 cm³/mol. The Morgan fingerprint density at radius 3 is 2.14 bits per heavy atom. The second-order valence-electron chi connectivity index (χ2n) is 7.48. The Morgan fingerprint density at radius 1 is 1.09 bits per heavy atom. The molecule has 0 amide bonds. The Bertz CT molecular complexity index is 447. The van der Waals surface area contributed by atoms with Gasteiger partial charge in [0, 0.05) is 51.4 Å². The molecule has 2 rings (SSSR count). The van der Waals surface area contributed by atoms with Crippen molar-refractivity contribution in [1.29, 1.82) is 0 Å². The largest absolute Gasteiger partial charge is 0.324 e. The van der Waals surface area contributed by atoms with Gasteiger partial charge in [-0.05, 0) is 26.7 Å². The Balaban J connectivity index is 1.91. The van der Waals surface area contributed by atoms with Crippen LogP contribution in [-0.4, -0.2) is 73.3 Å². The van der Waals surface area contributed by atoms with Crippen LogP contribution >= 0.6 is 0 Å². The molecule has 0 aromatic carbocycles. The first-order valence-electron chi connectivity index (χ1n) is 8.44. The summed E-state index contributed by atoms with van der Waals surface area (Å²) in [6, 6.07) is 0.180. The summed E-state index contributed by atoms with van der Waals surface area (Å²) in [5.41, 5.74) is 5.81. The number of nitrogens with zero attached hydrogens (tertiary/aromatic N) is 3. The van der Waals surface area contributed by atoms with Gasteiger partial charge in [-0.15, -0.1) is 0 Å². The van der Waals surface area contributed by atoms with Gasteiger partial charge in [0.25, 0.3) is 10.2 Å². The molecule has 130 valence electrons. The molecular formula is C15H32N4O2S. The van der Waals surface area contributed by atoms with E-state index in [1.807, 2.05) is 13.8 Å². The van der Waals surface area contributed by atoms with Crippen LogP contribution in [0, 0.1) is 0 Å². The van der Waals surface area contributed by atoms with Crippen molar-refractivity contribution < 1.29 is 8.42 Å². The number of piperazine rings is 1. The summed E-state index contributed by atoms with van der Waals surface area (Å²) in [4.78, 5) is 2.26. The minimum atomic E-state index is -3.32. The van der Waals surface area contributed by atoms with Gasteiger partial charge in [-0.3, -0.25) is 4.90 Å². The van der Waals surface area contributed by atoms with Gasteiger partial charge in [0.2, 0.25) is 0 Å². The molecule has 1 aliphatic carbocycles. The molecule has 1 heterocycles. The summed E-state index contributed by atoms with van der Waals surface area (Å²) < 4.78 is 28.8. The van der Waals surface area contributed by atoms with Crippen molar-refractivity contribution in [3.05, 3.63) is 0 Å². The van der Waals surface area contributed by atoms with Crippen LogP contribution in [0.2, 0.25) is 0 Å². The SMILES string of the molecule is CN(C1CCCCC1)S(=O)(=O)N1CCN(CC(C)(C)N)CC1. The van der Waals surface area contributed by atoms with Crippen molar-refractivity contribution >= 4 is 10.2 Å². The molecule has 0 aromatic heterocycles. The average Bonchev–Trinajstić information content (AvgIpc) is 2.46. The molecule has 2 aliphatic rings.